The van der Waals surface area contributed by atoms with Gasteiger partial charge in [-0.1, -0.05) is 67.1 Å². The van der Waals surface area contributed by atoms with Gasteiger partial charge in [0.2, 0.25) is 11.8 Å². The molecule has 0 saturated heterocycles. The van der Waals surface area contributed by atoms with Gasteiger partial charge in [-0.2, -0.15) is 0 Å². The van der Waals surface area contributed by atoms with Crippen molar-refractivity contribution in [3.05, 3.63) is 71.3 Å². The number of rotatable bonds is 12. The fourth-order valence-electron chi connectivity index (χ4n) is 4.75. The first-order valence-corrected chi connectivity index (χ1v) is 14.2. The molecule has 1 aliphatic carbocycles. The lowest BCUT2D eigenvalue weighted by Gasteiger charge is -2.35. The standard InChI is InChI=1S/C32H43N3O6/c1-7-40-27(36)16-17-33-29(37)28(24-15-11-12-21(2)18-24)35(26-19-22(26)3)30(38)25(20-23-13-9-8-10-14-23)34-31(39)41-32(4,5)6/h8-15,18,22,25-26,28H,7,16-17,19-20H2,1-6H3,(H,33,37)(H,34,39). The third kappa shape index (κ3) is 9.62. The van der Waals surface area contributed by atoms with E-state index in [0.29, 0.717) is 5.56 Å². The lowest BCUT2D eigenvalue weighted by atomic mass is 9.98. The number of carbonyl (C=O) groups is 4. The second kappa shape index (κ2) is 14.1. The Labute approximate surface area is 243 Å². The minimum Gasteiger partial charge on any atom is -0.466 e. The summed E-state index contributed by atoms with van der Waals surface area (Å²) in [6.07, 6.45) is 0.266. The van der Waals surface area contributed by atoms with E-state index < -0.39 is 35.7 Å². The Morgan fingerprint density at radius 3 is 2.32 bits per heavy atom. The van der Waals surface area contributed by atoms with Gasteiger partial charge in [0.1, 0.15) is 17.7 Å². The van der Waals surface area contributed by atoms with Crippen LogP contribution >= 0.6 is 0 Å². The summed E-state index contributed by atoms with van der Waals surface area (Å²) in [7, 11) is 0. The number of ether oxygens (including phenoxy) is 2. The van der Waals surface area contributed by atoms with Crippen molar-refractivity contribution in [1.29, 1.82) is 0 Å². The lowest BCUT2D eigenvalue weighted by Crippen LogP contribution is -2.54. The van der Waals surface area contributed by atoms with Crippen LogP contribution in [-0.4, -0.2) is 59.6 Å². The van der Waals surface area contributed by atoms with Crippen LogP contribution in [0.5, 0.6) is 0 Å². The first-order chi connectivity index (χ1) is 19.4. The predicted octanol–water partition coefficient (Wildman–Crippen LogP) is 4.48. The van der Waals surface area contributed by atoms with Crippen LogP contribution in [0.1, 0.15) is 70.2 Å². The zero-order chi connectivity index (χ0) is 30.2. The predicted molar refractivity (Wildman–Crippen MR) is 156 cm³/mol. The molecule has 0 bridgehead atoms. The number of carbonyl (C=O) groups excluding carboxylic acids is 4. The summed E-state index contributed by atoms with van der Waals surface area (Å²) in [5.74, 6) is -1.00. The summed E-state index contributed by atoms with van der Waals surface area (Å²) in [4.78, 5) is 54.6. The number of esters is 1. The number of hydrogen-bond acceptors (Lipinski definition) is 6. The summed E-state index contributed by atoms with van der Waals surface area (Å²) in [5.41, 5.74) is 1.70. The Morgan fingerprint density at radius 2 is 1.73 bits per heavy atom. The molecule has 2 aromatic rings. The van der Waals surface area contributed by atoms with Crippen molar-refractivity contribution >= 4 is 23.9 Å². The number of amides is 3. The Kier molecular flexibility index (Phi) is 10.9. The van der Waals surface area contributed by atoms with Crippen molar-refractivity contribution in [3.63, 3.8) is 0 Å². The molecular weight excluding hydrogens is 522 g/mol. The zero-order valence-electron chi connectivity index (χ0n) is 24.9. The fourth-order valence-corrected chi connectivity index (χ4v) is 4.75. The van der Waals surface area contributed by atoms with E-state index in [-0.39, 0.29) is 43.9 Å². The number of benzene rings is 2. The highest BCUT2D eigenvalue weighted by Gasteiger charge is 2.48. The SMILES string of the molecule is CCOC(=O)CCNC(=O)C(c1cccc(C)c1)N(C(=O)C(Cc1ccccc1)NC(=O)OC(C)(C)C)C1CC1C. The molecule has 2 aromatic carbocycles. The van der Waals surface area contributed by atoms with Gasteiger partial charge < -0.3 is 25.0 Å². The van der Waals surface area contributed by atoms with Crippen molar-refractivity contribution < 1.29 is 28.7 Å². The summed E-state index contributed by atoms with van der Waals surface area (Å²) < 4.78 is 10.5. The molecule has 41 heavy (non-hydrogen) atoms. The smallest absolute Gasteiger partial charge is 0.408 e. The molecule has 1 aliphatic rings. The molecule has 9 heteroatoms. The van der Waals surface area contributed by atoms with Gasteiger partial charge in [-0.15, -0.1) is 0 Å². The Hall–Kier alpha value is -3.88. The molecule has 3 amide bonds. The van der Waals surface area contributed by atoms with Gasteiger partial charge in [0.05, 0.1) is 13.0 Å². The van der Waals surface area contributed by atoms with Gasteiger partial charge in [-0.3, -0.25) is 14.4 Å². The minimum absolute atomic E-state index is 0.0186. The normalized spacial score (nSPS) is 17.5. The van der Waals surface area contributed by atoms with Crippen LogP contribution in [0.3, 0.4) is 0 Å². The van der Waals surface area contributed by atoms with Gasteiger partial charge in [0.25, 0.3) is 0 Å². The highest BCUT2D eigenvalue weighted by Crippen LogP contribution is 2.41. The van der Waals surface area contributed by atoms with Gasteiger partial charge in [0, 0.05) is 19.0 Å². The molecule has 0 aliphatic heterocycles. The van der Waals surface area contributed by atoms with Gasteiger partial charge in [-0.05, 0) is 58.1 Å². The van der Waals surface area contributed by atoms with Crippen LogP contribution in [0.4, 0.5) is 4.79 Å². The first kappa shape index (κ1) is 31.6. The molecule has 3 rings (SSSR count). The number of nitrogens with zero attached hydrogens (tertiary/aromatic N) is 1. The number of aryl methyl sites for hydroxylation is 1. The maximum Gasteiger partial charge on any atom is 0.408 e. The van der Waals surface area contributed by atoms with Crippen LogP contribution in [-0.2, 0) is 30.3 Å². The maximum absolute atomic E-state index is 14.4. The fraction of sp³-hybridized carbons (Fsp3) is 0.500. The summed E-state index contributed by atoms with van der Waals surface area (Å²) >= 11 is 0. The molecule has 0 aromatic heterocycles. The molecule has 0 heterocycles. The van der Waals surface area contributed by atoms with Crippen molar-refractivity contribution in [1.82, 2.24) is 15.5 Å². The Bertz CT molecular complexity index is 1210. The van der Waals surface area contributed by atoms with Gasteiger partial charge >= 0.3 is 12.1 Å². The lowest BCUT2D eigenvalue weighted by molar-refractivity contribution is -0.145. The first-order valence-electron chi connectivity index (χ1n) is 14.2. The van der Waals surface area contributed by atoms with Crippen molar-refractivity contribution in [2.45, 2.75) is 84.5 Å². The van der Waals surface area contributed by atoms with Crippen LogP contribution in [0.2, 0.25) is 0 Å². The molecule has 1 saturated carbocycles. The largest absolute Gasteiger partial charge is 0.466 e. The third-order valence-electron chi connectivity index (χ3n) is 6.77. The highest BCUT2D eigenvalue weighted by molar-refractivity contribution is 5.93. The average Bonchev–Trinajstić information content (AvgIpc) is 3.61. The average molecular weight is 566 g/mol. The Balaban J connectivity index is 1.98. The number of hydrogen-bond donors (Lipinski definition) is 2. The molecule has 0 spiro atoms. The van der Waals surface area contributed by atoms with E-state index in [2.05, 4.69) is 10.6 Å². The quantitative estimate of drug-likeness (QED) is 0.367. The van der Waals surface area contributed by atoms with Crippen LogP contribution < -0.4 is 10.6 Å². The maximum atomic E-state index is 14.4. The van der Waals surface area contributed by atoms with Crippen LogP contribution in [0.25, 0.3) is 0 Å². The summed E-state index contributed by atoms with van der Waals surface area (Å²) in [6.45, 7) is 11.3. The van der Waals surface area contributed by atoms with Crippen molar-refractivity contribution in [2.24, 2.45) is 5.92 Å². The monoisotopic (exact) mass is 565 g/mol. The summed E-state index contributed by atoms with van der Waals surface area (Å²) in [5, 5.41) is 5.62. The summed E-state index contributed by atoms with van der Waals surface area (Å²) in [6, 6.07) is 14.8. The second-order valence-corrected chi connectivity index (χ2v) is 11.6. The number of alkyl carbamates (subject to hydrolysis) is 1. The van der Waals surface area contributed by atoms with Crippen molar-refractivity contribution in [3.8, 4) is 0 Å². The van der Waals surface area contributed by atoms with Crippen LogP contribution in [0, 0.1) is 12.8 Å². The second-order valence-electron chi connectivity index (χ2n) is 11.6. The van der Waals surface area contributed by atoms with E-state index in [1.165, 1.54) is 0 Å². The van der Waals surface area contributed by atoms with Crippen molar-refractivity contribution in [2.75, 3.05) is 13.2 Å². The van der Waals surface area contributed by atoms with E-state index >= 15 is 0 Å². The van der Waals surface area contributed by atoms with E-state index in [1.54, 1.807) is 32.6 Å². The Morgan fingerprint density at radius 1 is 1.05 bits per heavy atom. The molecular formula is C32H43N3O6. The van der Waals surface area contributed by atoms with E-state index in [9.17, 15) is 19.2 Å². The highest BCUT2D eigenvalue weighted by atomic mass is 16.6. The molecule has 222 valence electrons. The molecule has 4 unspecified atom stereocenters. The molecule has 0 radical (unpaired) electrons. The molecule has 2 N–H and O–H groups in total. The van der Waals surface area contributed by atoms with E-state index in [0.717, 1.165) is 17.5 Å². The molecule has 1 fully saturated rings. The van der Waals surface area contributed by atoms with E-state index in [1.807, 2.05) is 68.4 Å². The topological polar surface area (TPSA) is 114 Å². The van der Waals surface area contributed by atoms with Gasteiger partial charge in [0.15, 0.2) is 0 Å². The number of nitrogens with one attached hydrogen (secondary N) is 2. The van der Waals surface area contributed by atoms with Gasteiger partial charge in [-0.25, -0.2) is 4.79 Å². The molecule has 9 nitrogen and oxygen atoms in total. The van der Waals surface area contributed by atoms with E-state index in [4.69, 9.17) is 9.47 Å². The minimum atomic E-state index is -0.973. The van der Waals surface area contributed by atoms with Crippen LogP contribution in [0.15, 0.2) is 54.6 Å². The molecule has 4 atom stereocenters. The zero-order valence-corrected chi connectivity index (χ0v) is 24.9. The third-order valence-corrected chi connectivity index (χ3v) is 6.77.